The highest BCUT2D eigenvalue weighted by molar-refractivity contribution is 7.18. The predicted octanol–water partition coefficient (Wildman–Crippen LogP) is 3.10. The first kappa shape index (κ1) is 16.1. The lowest BCUT2D eigenvalue weighted by Crippen LogP contribution is -2.36. The number of nitrogens with one attached hydrogen (secondary N) is 2. The molecule has 5 nitrogen and oxygen atoms in total. The molecule has 6 heteroatoms. The molecule has 1 fully saturated rings. The van der Waals surface area contributed by atoms with E-state index in [9.17, 15) is 4.79 Å². The summed E-state index contributed by atoms with van der Waals surface area (Å²) in [6.45, 7) is 9.25. The summed E-state index contributed by atoms with van der Waals surface area (Å²) in [6, 6.07) is 0.492. The van der Waals surface area contributed by atoms with E-state index in [2.05, 4.69) is 43.3 Å². The van der Waals surface area contributed by atoms with Crippen LogP contribution in [0.3, 0.4) is 0 Å². The van der Waals surface area contributed by atoms with Crippen molar-refractivity contribution in [1.82, 2.24) is 10.3 Å². The summed E-state index contributed by atoms with van der Waals surface area (Å²) in [5.41, 5.74) is 5.93. The molecule has 118 valence electrons. The Hall–Kier alpha value is -1.30. The molecule has 1 amide bonds. The molecule has 4 N–H and O–H groups in total. The number of carbonyl (C=O) groups is 1. The van der Waals surface area contributed by atoms with Gasteiger partial charge < -0.3 is 16.4 Å². The zero-order chi connectivity index (χ0) is 15.6. The first-order valence-corrected chi connectivity index (χ1v) is 8.42. The number of aromatic nitrogens is 1. The van der Waals surface area contributed by atoms with E-state index in [1.165, 1.54) is 30.6 Å². The number of nitrogen functional groups attached to an aromatic ring is 1. The summed E-state index contributed by atoms with van der Waals surface area (Å²) < 4.78 is 0. The Morgan fingerprint density at radius 2 is 2.14 bits per heavy atom. The fraction of sp³-hybridized carbons (Fsp3) is 0.733. The van der Waals surface area contributed by atoms with E-state index < -0.39 is 0 Å². The third kappa shape index (κ3) is 3.87. The minimum absolute atomic E-state index is 0.0577. The molecule has 2 rings (SSSR count). The molecule has 0 unspecified atom stereocenters. The van der Waals surface area contributed by atoms with Crippen LogP contribution in [0.15, 0.2) is 0 Å². The van der Waals surface area contributed by atoms with Crippen molar-refractivity contribution in [2.45, 2.75) is 53.0 Å². The van der Waals surface area contributed by atoms with Crippen LogP contribution >= 0.6 is 11.3 Å². The number of hydrogen-bond acceptors (Lipinski definition) is 5. The molecule has 0 radical (unpaired) electrons. The number of amides is 1. The minimum atomic E-state index is -0.125. The third-order valence-corrected chi connectivity index (χ3v) is 5.56. The maximum Gasteiger partial charge on any atom is 0.265 e. The molecule has 0 saturated heterocycles. The van der Waals surface area contributed by atoms with Gasteiger partial charge in [-0.1, -0.05) is 39.0 Å². The standard InChI is InChI=1S/C15H26N4OS/c1-9(2)15(3,4)8-17-13(20)11-12(16)19-14(21-11)18-10-6-5-7-10/h9-10H,5-8,16H2,1-4H3,(H,17,20)(H,18,19). The lowest BCUT2D eigenvalue weighted by atomic mass is 9.81. The van der Waals surface area contributed by atoms with Gasteiger partial charge in [0.1, 0.15) is 10.7 Å². The van der Waals surface area contributed by atoms with Gasteiger partial charge in [0.05, 0.1) is 0 Å². The molecular formula is C15H26N4OS. The smallest absolute Gasteiger partial charge is 0.265 e. The number of rotatable bonds is 6. The van der Waals surface area contributed by atoms with Crippen LogP contribution in [0.25, 0.3) is 0 Å². The van der Waals surface area contributed by atoms with Crippen LogP contribution in [0.1, 0.15) is 56.6 Å². The summed E-state index contributed by atoms with van der Waals surface area (Å²) in [7, 11) is 0. The van der Waals surface area contributed by atoms with Crippen LogP contribution in [0, 0.1) is 11.3 Å². The molecule has 21 heavy (non-hydrogen) atoms. The van der Waals surface area contributed by atoms with Crippen LogP contribution in [-0.4, -0.2) is 23.5 Å². The van der Waals surface area contributed by atoms with Gasteiger partial charge in [0.15, 0.2) is 5.13 Å². The van der Waals surface area contributed by atoms with Gasteiger partial charge in [-0.2, -0.15) is 0 Å². The number of thiazole rings is 1. The van der Waals surface area contributed by atoms with Crippen molar-refractivity contribution in [2.75, 3.05) is 17.6 Å². The lowest BCUT2D eigenvalue weighted by molar-refractivity contribution is 0.0929. The van der Waals surface area contributed by atoms with Crippen LogP contribution in [0.2, 0.25) is 0 Å². The first-order chi connectivity index (χ1) is 9.79. The summed E-state index contributed by atoms with van der Waals surface area (Å²) in [6.07, 6.45) is 3.60. The van der Waals surface area contributed by atoms with Crippen LogP contribution in [0.5, 0.6) is 0 Å². The van der Waals surface area contributed by atoms with Crippen molar-refractivity contribution in [3.63, 3.8) is 0 Å². The van der Waals surface area contributed by atoms with Crippen molar-refractivity contribution in [2.24, 2.45) is 11.3 Å². The quantitative estimate of drug-likeness (QED) is 0.754. The highest BCUT2D eigenvalue weighted by atomic mass is 32.1. The average Bonchev–Trinajstić information content (AvgIpc) is 2.72. The summed E-state index contributed by atoms with van der Waals surface area (Å²) in [4.78, 5) is 17.0. The van der Waals surface area contributed by atoms with Gasteiger partial charge in [-0.05, 0) is 30.6 Å². The number of anilines is 2. The van der Waals surface area contributed by atoms with Gasteiger partial charge in [0, 0.05) is 12.6 Å². The molecule has 0 aromatic carbocycles. The Morgan fingerprint density at radius 1 is 1.48 bits per heavy atom. The summed E-state index contributed by atoms with van der Waals surface area (Å²) in [5.74, 6) is 0.689. The van der Waals surface area contributed by atoms with E-state index in [1.807, 2.05) is 0 Å². The molecule has 1 aliphatic carbocycles. The molecule has 1 saturated carbocycles. The van der Waals surface area contributed by atoms with Gasteiger partial charge >= 0.3 is 0 Å². The van der Waals surface area contributed by atoms with Crippen molar-refractivity contribution in [3.05, 3.63) is 4.88 Å². The number of nitrogens with two attached hydrogens (primary N) is 1. The second-order valence-corrected chi connectivity index (χ2v) is 7.83. The Balaban J connectivity index is 1.95. The van der Waals surface area contributed by atoms with Gasteiger partial charge in [0.2, 0.25) is 0 Å². The second-order valence-electron chi connectivity index (χ2n) is 6.83. The molecule has 1 aliphatic rings. The monoisotopic (exact) mass is 310 g/mol. The van der Waals surface area contributed by atoms with Crippen molar-refractivity contribution in [3.8, 4) is 0 Å². The Labute approximate surface area is 130 Å². The maximum absolute atomic E-state index is 12.3. The average molecular weight is 310 g/mol. The van der Waals surface area contributed by atoms with Gasteiger partial charge in [-0.25, -0.2) is 4.98 Å². The number of nitrogens with zero attached hydrogens (tertiary/aromatic N) is 1. The molecule has 0 spiro atoms. The normalized spacial score (nSPS) is 15.9. The van der Waals surface area contributed by atoms with E-state index in [0.717, 1.165) is 5.13 Å². The topological polar surface area (TPSA) is 80.0 Å². The molecule has 0 aliphatic heterocycles. The van der Waals surface area contributed by atoms with E-state index >= 15 is 0 Å². The molecular weight excluding hydrogens is 284 g/mol. The van der Waals surface area contributed by atoms with Crippen molar-refractivity contribution < 1.29 is 4.79 Å². The largest absolute Gasteiger partial charge is 0.382 e. The Kier molecular flexibility index (Phi) is 4.76. The zero-order valence-corrected chi connectivity index (χ0v) is 14.1. The van der Waals surface area contributed by atoms with E-state index in [-0.39, 0.29) is 11.3 Å². The van der Waals surface area contributed by atoms with E-state index in [0.29, 0.717) is 29.2 Å². The molecule has 1 heterocycles. The van der Waals surface area contributed by atoms with Crippen LogP contribution in [0.4, 0.5) is 10.9 Å². The van der Waals surface area contributed by atoms with Gasteiger partial charge in [0.25, 0.3) is 5.91 Å². The SMILES string of the molecule is CC(C)C(C)(C)CNC(=O)c1sc(NC2CCC2)nc1N. The highest BCUT2D eigenvalue weighted by Crippen LogP contribution is 2.30. The van der Waals surface area contributed by atoms with Crippen molar-refractivity contribution >= 4 is 28.2 Å². The van der Waals surface area contributed by atoms with E-state index in [4.69, 9.17) is 5.73 Å². The maximum atomic E-state index is 12.3. The fourth-order valence-electron chi connectivity index (χ4n) is 1.88. The summed E-state index contributed by atoms with van der Waals surface area (Å²) >= 11 is 1.34. The summed E-state index contributed by atoms with van der Waals surface area (Å²) in [5, 5.41) is 7.07. The minimum Gasteiger partial charge on any atom is -0.382 e. The van der Waals surface area contributed by atoms with Gasteiger partial charge in [-0.3, -0.25) is 4.79 Å². The number of carbonyl (C=O) groups excluding carboxylic acids is 1. The van der Waals surface area contributed by atoms with E-state index in [1.54, 1.807) is 0 Å². The number of hydrogen-bond donors (Lipinski definition) is 3. The first-order valence-electron chi connectivity index (χ1n) is 7.60. The van der Waals surface area contributed by atoms with Crippen LogP contribution in [-0.2, 0) is 0 Å². The highest BCUT2D eigenvalue weighted by Gasteiger charge is 2.25. The molecule has 1 aromatic heterocycles. The Bertz CT molecular complexity index is 506. The molecule has 0 bridgehead atoms. The second kappa shape index (κ2) is 6.22. The van der Waals surface area contributed by atoms with Crippen molar-refractivity contribution in [1.29, 1.82) is 0 Å². The Morgan fingerprint density at radius 3 is 2.67 bits per heavy atom. The fourth-order valence-corrected chi connectivity index (χ4v) is 2.75. The molecule has 0 atom stereocenters. The van der Waals surface area contributed by atoms with Crippen LogP contribution < -0.4 is 16.4 Å². The lowest BCUT2D eigenvalue weighted by Gasteiger charge is -2.29. The third-order valence-electron chi connectivity index (χ3n) is 4.56. The predicted molar refractivity (Wildman–Crippen MR) is 88.7 cm³/mol. The zero-order valence-electron chi connectivity index (χ0n) is 13.3. The van der Waals surface area contributed by atoms with Gasteiger partial charge in [-0.15, -0.1) is 0 Å². The molecule has 1 aromatic rings.